The highest BCUT2D eigenvalue weighted by molar-refractivity contribution is 6.17. The van der Waals surface area contributed by atoms with Crippen molar-refractivity contribution < 1.29 is 0 Å². The summed E-state index contributed by atoms with van der Waals surface area (Å²) in [5, 5.41) is 0. The fraction of sp³-hybridized carbons (Fsp3) is 0.625. The lowest BCUT2D eigenvalue weighted by molar-refractivity contribution is 0.236. The number of aromatic nitrogens is 3. The van der Waals surface area contributed by atoms with Crippen molar-refractivity contribution >= 4 is 22.6 Å². The summed E-state index contributed by atoms with van der Waals surface area (Å²) >= 11 is 5.92. The van der Waals surface area contributed by atoms with Crippen LogP contribution in [0.3, 0.4) is 0 Å². The number of hydrogen-bond donors (Lipinski definition) is 0. The molecule has 0 radical (unpaired) electrons. The van der Waals surface area contributed by atoms with Crippen LogP contribution in [-0.2, 0) is 13.0 Å². The smallest absolute Gasteiger partial charge is 0.111 e. The first kappa shape index (κ1) is 14.8. The predicted octanol–water partition coefficient (Wildman–Crippen LogP) is 3.09. The number of imidazole rings is 1. The number of halogens is 1. The fourth-order valence-corrected chi connectivity index (χ4v) is 3.51. The van der Waals surface area contributed by atoms with Gasteiger partial charge >= 0.3 is 0 Å². The van der Waals surface area contributed by atoms with Gasteiger partial charge < -0.3 is 9.47 Å². The van der Waals surface area contributed by atoms with Crippen LogP contribution >= 0.6 is 11.6 Å². The highest BCUT2D eigenvalue weighted by atomic mass is 35.5. The third kappa shape index (κ3) is 3.22. The molecule has 2 aromatic heterocycles. The van der Waals surface area contributed by atoms with Crippen molar-refractivity contribution in [1.29, 1.82) is 0 Å². The molecule has 0 aliphatic heterocycles. The van der Waals surface area contributed by atoms with Gasteiger partial charge in [0, 0.05) is 37.6 Å². The first-order valence-corrected chi connectivity index (χ1v) is 8.38. The van der Waals surface area contributed by atoms with Gasteiger partial charge in [-0.2, -0.15) is 0 Å². The molecule has 2 heterocycles. The van der Waals surface area contributed by atoms with Gasteiger partial charge in [0.25, 0.3) is 0 Å². The molecule has 4 nitrogen and oxygen atoms in total. The van der Waals surface area contributed by atoms with E-state index in [4.69, 9.17) is 11.6 Å². The Balaban J connectivity index is 1.76. The average Bonchev–Trinajstić information content (AvgIpc) is 3.13. The van der Waals surface area contributed by atoms with Gasteiger partial charge in [-0.15, -0.1) is 11.6 Å². The zero-order valence-corrected chi connectivity index (χ0v) is 13.4. The van der Waals surface area contributed by atoms with E-state index in [0.29, 0.717) is 5.88 Å². The molecule has 0 atom stereocenters. The Labute approximate surface area is 131 Å². The topological polar surface area (TPSA) is 34.0 Å². The number of fused-ring (bicyclic) bond motifs is 1. The monoisotopic (exact) mass is 306 g/mol. The third-order valence-corrected chi connectivity index (χ3v) is 4.76. The maximum atomic E-state index is 5.92. The number of pyridine rings is 1. The third-order valence-electron chi connectivity index (χ3n) is 4.57. The second-order valence-corrected chi connectivity index (χ2v) is 6.28. The van der Waals surface area contributed by atoms with Crippen molar-refractivity contribution in [2.75, 3.05) is 19.5 Å². The lowest BCUT2D eigenvalue weighted by Crippen LogP contribution is -2.32. The van der Waals surface area contributed by atoms with E-state index in [0.717, 1.165) is 36.9 Å². The maximum Gasteiger partial charge on any atom is 0.111 e. The number of alkyl halides is 1. The van der Waals surface area contributed by atoms with Crippen molar-refractivity contribution in [2.24, 2.45) is 0 Å². The quantitative estimate of drug-likeness (QED) is 0.769. The molecule has 1 aliphatic rings. The largest absolute Gasteiger partial charge is 0.327 e. The molecule has 0 spiro atoms. The molecule has 0 saturated heterocycles. The molecular formula is C16H23ClN4. The van der Waals surface area contributed by atoms with E-state index in [1.165, 1.54) is 31.2 Å². The fourth-order valence-electron chi connectivity index (χ4n) is 3.34. The highest BCUT2D eigenvalue weighted by Crippen LogP contribution is 2.23. The van der Waals surface area contributed by atoms with Gasteiger partial charge in [-0.3, -0.25) is 4.98 Å². The van der Waals surface area contributed by atoms with Crippen molar-refractivity contribution in [3.8, 4) is 0 Å². The van der Waals surface area contributed by atoms with Crippen molar-refractivity contribution in [3.63, 3.8) is 0 Å². The summed E-state index contributed by atoms with van der Waals surface area (Å²) in [5.74, 6) is 1.68. The van der Waals surface area contributed by atoms with Crippen molar-refractivity contribution in [2.45, 2.75) is 44.7 Å². The predicted molar refractivity (Wildman–Crippen MR) is 86.8 cm³/mol. The molecule has 1 saturated carbocycles. The van der Waals surface area contributed by atoms with Gasteiger partial charge in [0.05, 0.1) is 11.7 Å². The molecule has 0 N–H and O–H groups in total. The normalized spacial score (nSPS) is 16.3. The summed E-state index contributed by atoms with van der Waals surface area (Å²) in [4.78, 5) is 11.3. The van der Waals surface area contributed by atoms with Gasteiger partial charge in [-0.25, -0.2) is 4.98 Å². The highest BCUT2D eigenvalue weighted by Gasteiger charge is 2.19. The molecule has 114 valence electrons. The minimum Gasteiger partial charge on any atom is -0.327 e. The van der Waals surface area contributed by atoms with Crippen LogP contribution in [0.4, 0.5) is 0 Å². The summed E-state index contributed by atoms with van der Waals surface area (Å²) in [6.07, 6.45) is 9.94. The van der Waals surface area contributed by atoms with E-state index in [2.05, 4.69) is 32.5 Å². The number of hydrogen-bond acceptors (Lipinski definition) is 3. The summed E-state index contributed by atoms with van der Waals surface area (Å²) in [6.45, 7) is 2.04. The second kappa shape index (κ2) is 6.75. The summed E-state index contributed by atoms with van der Waals surface area (Å²) in [7, 11) is 2.25. The van der Waals surface area contributed by atoms with E-state index >= 15 is 0 Å². The van der Waals surface area contributed by atoms with Crippen LogP contribution in [-0.4, -0.2) is 44.9 Å². The summed E-state index contributed by atoms with van der Waals surface area (Å²) < 4.78 is 2.31. The Morgan fingerprint density at radius 1 is 1.38 bits per heavy atom. The first-order chi connectivity index (χ1) is 10.3. The Bertz CT molecular complexity index is 589. The van der Waals surface area contributed by atoms with E-state index in [1.807, 2.05) is 12.4 Å². The summed E-state index contributed by atoms with van der Waals surface area (Å²) in [6, 6.07) is 2.81. The SMILES string of the molecule is CN(CCn1c(CCCl)nc2cnccc21)C1CCCC1. The Morgan fingerprint density at radius 2 is 2.19 bits per heavy atom. The maximum absolute atomic E-state index is 5.92. The van der Waals surface area contributed by atoms with E-state index in [9.17, 15) is 0 Å². The Kier molecular flexibility index (Phi) is 4.76. The van der Waals surface area contributed by atoms with Crippen LogP contribution in [0.15, 0.2) is 18.5 Å². The zero-order valence-electron chi connectivity index (χ0n) is 12.6. The minimum atomic E-state index is 0.606. The van der Waals surface area contributed by atoms with E-state index in [-0.39, 0.29) is 0 Å². The van der Waals surface area contributed by atoms with E-state index in [1.54, 1.807) is 0 Å². The molecule has 3 rings (SSSR count). The van der Waals surface area contributed by atoms with Gasteiger partial charge in [-0.1, -0.05) is 12.8 Å². The van der Waals surface area contributed by atoms with Crippen LogP contribution in [0.5, 0.6) is 0 Å². The van der Waals surface area contributed by atoms with Crippen LogP contribution in [0.2, 0.25) is 0 Å². The molecule has 2 aromatic rings. The van der Waals surface area contributed by atoms with Crippen LogP contribution in [0.1, 0.15) is 31.5 Å². The van der Waals surface area contributed by atoms with E-state index < -0.39 is 0 Å². The molecule has 0 unspecified atom stereocenters. The summed E-state index contributed by atoms with van der Waals surface area (Å²) in [5.41, 5.74) is 2.14. The lowest BCUT2D eigenvalue weighted by Gasteiger charge is -2.24. The molecular weight excluding hydrogens is 284 g/mol. The Morgan fingerprint density at radius 3 is 2.95 bits per heavy atom. The van der Waals surface area contributed by atoms with Gasteiger partial charge in [-0.05, 0) is 26.0 Å². The van der Waals surface area contributed by atoms with Crippen LogP contribution < -0.4 is 0 Å². The number of nitrogens with zero attached hydrogens (tertiary/aromatic N) is 4. The molecule has 0 amide bonds. The van der Waals surface area contributed by atoms with Gasteiger partial charge in [0.1, 0.15) is 11.3 Å². The van der Waals surface area contributed by atoms with Crippen LogP contribution in [0, 0.1) is 0 Å². The molecule has 0 bridgehead atoms. The molecule has 1 aliphatic carbocycles. The molecule has 1 fully saturated rings. The van der Waals surface area contributed by atoms with Crippen molar-refractivity contribution in [3.05, 3.63) is 24.3 Å². The molecule has 5 heteroatoms. The van der Waals surface area contributed by atoms with Crippen molar-refractivity contribution in [1.82, 2.24) is 19.4 Å². The first-order valence-electron chi connectivity index (χ1n) is 7.85. The second-order valence-electron chi connectivity index (χ2n) is 5.90. The lowest BCUT2D eigenvalue weighted by atomic mass is 10.2. The van der Waals surface area contributed by atoms with Gasteiger partial charge in [0.15, 0.2) is 0 Å². The number of likely N-dealkylation sites (N-methyl/N-ethyl adjacent to an activating group) is 1. The molecule has 0 aromatic carbocycles. The van der Waals surface area contributed by atoms with Crippen LogP contribution in [0.25, 0.3) is 11.0 Å². The number of rotatable bonds is 6. The Hall–Kier alpha value is -1.13. The average molecular weight is 307 g/mol. The zero-order chi connectivity index (χ0) is 14.7. The number of aryl methyl sites for hydroxylation is 1. The van der Waals surface area contributed by atoms with Gasteiger partial charge in [0.2, 0.25) is 0 Å². The molecule has 21 heavy (non-hydrogen) atoms. The standard InChI is InChI=1S/C16H23ClN4/c1-20(13-4-2-3-5-13)10-11-21-15-7-9-18-12-14(15)19-16(21)6-8-17/h7,9,12-13H,2-6,8,10-11H2,1H3. The minimum absolute atomic E-state index is 0.606.